The zero-order valence-corrected chi connectivity index (χ0v) is 13.4. The Morgan fingerprint density at radius 3 is 2.35 bits per heavy atom. The minimum Gasteiger partial charge on any atom is -0.369 e. The van der Waals surface area contributed by atoms with Gasteiger partial charge in [-0.15, -0.1) is 0 Å². The van der Waals surface area contributed by atoms with Crippen molar-refractivity contribution in [3.05, 3.63) is 36.5 Å². The number of epoxide rings is 1. The number of allylic oxidation sites excluding steroid dienone is 5. The Morgan fingerprint density at radius 1 is 0.800 bits per heavy atom. The predicted octanol–water partition coefficient (Wildman–Crippen LogP) is 5.97. The third-order valence-corrected chi connectivity index (χ3v) is 3.75. The van der Waals surface area contributed by atoms with Crippen molar-refractivity contribution in [1.82, 2.24) is 0 Å². The zero-order valence-electron chi connectivity index (χ0n) is 13.4. The van der Waals surface area contributed by atoms with Crippen molar-refractivity contribution in [1.29, 1.82) is 0 Å². The van der Waals surface area contributed by atoms with Crippen LogP contribution < -0.4 is 0 Å². The molecule has 2 unspecified atom stereocenters. The summed E-state index contributed by atoms with van der Waals surface area (Å²) in [7, 11) is 0. The summed E-state index contributed by atoms with van der Waals surface area (Å²) in [6.45, 7) is 4.45. The van der Waals surface area contributed by atoms with Gasteiger partial charge in [0.15, 0.2) is 0 Å². The first-order chi connectivity index (χ1) is 9.88. The number of ether oxygens (including phenoxy) is 1. The van der Waals surface area contributed by atoms with Crippen LogP contribution in [0.4, 0.5) is 0 Å². The summed E-state index contributed by atoms with van der Waals surface area (Å²) < 4.78 is 5.49. The SMILES string of the molecule is CCCCCCC/C=C/C=C\C/C=C\CC1OC1CC. The van der Waals surface area contributed by atoms with Gasteiger partial charge in [0.1, 0.15) is 0 Å². The van der Waals surface area contributed by atoms with E-state index in [2.05, 4.69) is 50.3 Å². The predicted molar refractivity (Wildman–Crippen MR) is 89.0 cm³/mol. The smallest absolute Gasteiger partial charge is 0.0876 e. The van der Waals surface area contributed by atoms with E-state index in [9.17, 15) is 0 Å². The van der Waals surface area contributed by atoms with E-state index >= 15 is 0 Å². The maximum Gasteiger partial charge on any atom is 0.0876 e. The molecule has 0 aromatic heterocycles. The van der Waals surface area contributed by atoms with E-state index in [1.807, 2.05) is 0 Å². The van der Waals surface area contributed by atoms with Gasteiger partial charge in [0, 0.05) is 0 Å². The largest absolute Gasteiger partial charge is 0.369 e. The molecule has 0 N–H and O–H groups in total. The van der Waals surface area contributed by atoms with E-state index in [0.29, 0.717) is 12.2 Å². The van der Waals surface area contributed by atoms with Crippen molar-refractivity contribution < 1.29 is 4.74 Å². The second-order valence-corrected chi connectivity index (χ2v) is 5.62. The minimum absolute atomic E-state index is 0.507. The van der Waals surface area contributed by atoms with Crippen LogP contribution in [0, 0.1) is 0 Å². The van der Waals surface area contributed by atoms with Crippen LogP contribution in [0.2, 0.25) is 0 Å². The highest BCUT2D eigenvalue weighted by atomic mass is 16.6. The van der Waals surface area contributed by atoms with Crippen molar-refractivity contribution >= 4 is 0 Å². The number of hydrogen-bond acceptors (Lipinski definition) is 1. The highest BCUT2D eigenvalue weighted by Crippen LogP contribution is 2.28. The van der Waals surface area contributed by atoms with Crippen LogP contribution in [0.5, 0.6) is 0 Å². The molecule has 0 bridgehead atoms. The highest BCUT2D eigenvalue weighted by molar-refractivity contribution is 5.05. The number of hydrogen-bond donors (Lipinski definition) is 0. The van der Waals surface area contributed by atoms with Gasteiger partial charge >= 0.3 is 0 Å². The molecule has 1 nitrogen and oxygen atoms in total. The van der Waals surface area contributed by atoms with Gasteiger partial charge in [0.2, 0.25) is 0 Å². The van der Waals surface area contributed by atoms with Crippen LogP contribution in [0.3, 0.4) is 0 Å². The van der Waals surface area contributed by atoms with Gasteiger partial charge in [-0.1, -0.05) is 76.0 Å². The summed E-state index contributed by atoms with van der Waals surface area (Å²) in [5.41, 5.74) is 0. The molecule has 1 aliphatic rings. The van der Waals surface area contributed by atoms with E-state index in [4.69, 9.17) is 4.74 Å². The van der Waals surface area contributed by atoms with Gasteiger partial charge in [0.25, 0.3) is 0 Å². The Balaban J connectivity index is 1.87. The van der Waals surface area contributed by atoms with Gasteiger partial charge in [-0.05, 0) is 32.1 Å². The zero-order chi connectivity index (χ0) is 14.5. The fourth-order valence-electron chi connectivity index (χ4n) is 2.35. The standard InChI is InChI=1S/C19H32O/c1-3-5-6-7-8-9-10-11-12-13-14-15-16-17-19-18(4-2)20-19/h10-13,15-16,18-19H,3-9,14,17H2,1-2H3/b11-10+,13-12-,16-15-. The maximum absolute atomic E-state index is 5.49. The Bertz CT molecular complexity index is 301. The summed E-state index contributed by atoms with van der Waals surface area (Å²) in [4.78, 5) is 0. The first-order valence-electron chi connectivity index (χ1n) is 8.50. The van der Waals surface area contributed by atoms with Gasteiger partial charge in [0.05, 0.1) is 12.2 Å². The molecule has 0 aliphatic carbocycles. The second-order valence-electron chi connectivity index (χ2n) is 5.62. The lowest BCUT2D eigenvalue weighted by molar-refractivity contribution is 0.367. The third-order valence-electron chi connectivity index (χ3n) is 3.75. The summed E-state index contributed by atoms with van der Waals surface area (Å²) in [6.07, 6.45) is 25.7. The summed E-state index contributed by atoms with van der Waals surface area (Å²) in [5, 5.41) is 0. The van der Waals surface area contributed by atoms with Gasteiger partial charge < -0.3 is 4.74 Å². The van der Waals surface area contributed by atoms with Crippen LogP contribution in [-0.2, 0) is 4.74 Å². The molecule has 0 spiro atoms. The van der Waals surface area contributed by atoms with Gasteiger partial charge in [-0.25, -0.2) is 0 Å². The molecule has 1 fully saturated rings. The minimum atomic E-state index is 0.507. The summed E-state index contributed by atoms with van der Waals surface area (Å²) >= 11 is 0. The van der Waals surface area contributed by atoms with Crippen LogP contribution in [0.25, 0.3) is 0 Å². The normalized spacial score (nSPS) is 22.5. The maximum atomic E-state index is 5.49. The van der Waals surface area contributed by atoms with E-state index in [1.165, 1.54) is 38.5 Å². The van der Waals surface area contributed by atoms with Crippen LogP contribution in [0.15, 0.2) is 36.5 Å². The number of rotatable bonds is 12. The van der Waals surface area contributed by atoms with Gasteiger partial charge in [-0.3, -0.25) is 0 Å². The molecule has 1 rings (SSSR count). The molecule has 0 aromatic carbocycles. The molecular weight excluding hydrogens is 244 g/mol. The van der Waals surface area contributed by atoms with Crippen molar-refractivity contribution in [3.63, 3.8) is 0 Å². The van der Waals surface area contributed by atoms with Crippen molar-refractivity contribution in [2.45, 2.75) is 83.8 Å². The molecule has 1 heterocycles. The molecule has 0 aromatic rings. The monoisotopic (exact) mass is 276 g/mol. The molecule has 0 saturated carbocycles. The molecule has 1 heteroatoms. The fraction of sp³-hybridized carbons (Fsp3) is 0.684. The number of unbranched alkanes of at least 4 members (excludes halogenated alkanes) is 5. The molecule has 0 amide bonds. The van der Waals surface area contributed by atoms with Crippen molar-refractivity contribution in [2.75, 3.05) is 0 Å². The highest BCUT2D eigenvalue weighted by Gasteiger charge is 2.35. The first kappa shape index (κ1) is 17.2. The van der Waals surface area contributed by atoms with E-state index in [-0.39, 0.29) is 0 Å². The van der Waals surface area contributed by atoms with Gasteiger partial charge in [-0.2, -0.15) is 0 Å². The Hall–Kier alpha value is -0.820. The van der Waals surface area contributed by atoms with Crippen LogP contribution in [-0.4, -0.2) is 12.2 Å². The lowest BCUT2D eigenvalue weighted by Crippen LogP contribution is -1.88. The van der Waals surface area contributed by atoms with E-state index < -0.39 is 0 Å². The topological polar surface area (TPSA) is 12.5 Å². The molecule has 1 saturated heterocycles. The lowest BCUT2D eigenvalue weighted by atomic mass is 10.1. The molecule has 1 aliphatic heterocycles. The van der Waals surface area contributed by atoms with Crippen LogP contribution in [0.1, 0.15) is 71.6 Å². The quantitative estimate of drug-likeness (QED) is 0.185. The van der Waals surface area contributed by atoms with E-state index in [0.717, 1.165) is 19.3 Å². The molecule has 20 heavy (non-hydrogen) atoms. The first-order valence-corrected chi connectivity index (χ1v) is 8.50. The molecule has 114 valence electrons. The fourth-order valence-corrected chi connectivity index (χ4v) is 2.35. The Kier molecular flexibility index (Phi) is 10.3. The average Bonchev–Trinajstić information content (AvgIpc) is 3.22. The Labute approximate surface area is 125 Å². The Morgan fingerprint density at radius 2 is 1.60 bits per heavy atom. The lowest BCUT2D eigenvalue weighted by Gasteiger charge is -1.95. The van der Waals surface area contributed by atoms with Crippen molar-refractivity contribution in [3.8, 4) is 0 Å². The average molecular weight is 276 g/mol. The summed E-state index contributed by atoms with van der Waals surface area (Å²) in [6, 6.07) is 0. The third kappa shape index (κ3) is 9.14. The summed E-state index contributed by atoms with van der Waals surface area (Å²) in [5.74, 6) is 0. The van der Waals surface area contributed by atoms with E-state index in [1.54, 1.807) is 0 Å². The molecule has 2 atom stereocenters. The van der Waals surface area contributed by atoms with Crippen LogP contribution >= 0.6 is 0 Å². The second kappa shape index (κ2) is 12.0. The molecular formula is C19H32O. The van der Waals surface area contributed by atoms with Crippen molar-refractivity contribution in [2.24, 2.45) is 0 Å². The molecule has 0 radical (unpaired) electrons.